The van der Waals surface area contributed by atoms with E-state index in [2.05, 4.69) is 26.1 Å². The summed E-state index contributed by atoms with van der Waals surface area (Å²) < 4.78 is 5.76. The fraction of sp³-hybridized carbons (Fsp3) is 1.00. The topological polar surface area (TPSA) is 21.3 Å². The molecule has 2 nitrogen and oxygen atoms in total. The van der Waals surface area contributed by atoms with Crippen LogP contribution in [0.25, 0.3) is 0 Å². The number of rotatable bonds is 6. The van der Waals surface area contributed by atoms with Crippen LogP contribution >= 0.6 is 0 Å². The Morgan fingerprint density at radius 2 is 2.13 bits per heavy atom. The van der Waals surface area contributed by atoms with Crippen LogP contribution in [0, 0.1) is 5.92 Å². The van der Waals surface area contributed by atoms with Crippen LogP contribution in [0.2, 0.25) is 0 Å². The summed E-state index contributed by atoms with van der Waals surface area (Å²) in [7, 11) is 0. The van der Waals surface area contributed by atoms with E-state index in [9.17, 15) is 0 Å². The van der Waals surface area contributed by atoms with Crippen molar-refractivity contribution in [1.82, 2.24) is 5.32 Å². The Morgan fingerprint density at radius 1 is 1.33 bits per heavy atom. The molecule has 1 rings (SSSR count). The van der Waals surface area contributed by atoms with Crippen LogP contribution < -0.4 is 5.32 Å². The minimum Gasteiger partial charge on any atom is -0.378 e. The molecule has 1 N–H and O–H groups in total. The van der Waals surface area contributed by atoms with E-state index < -0.39 is 0 Å². The molecule has 0 aromatic heterocycles. The third-order valence-corrected chi connectivity index (χ3v) is 3.34. The quantitative estimate of drug-likeness (QED) is 0.732. The summed E-state index contributed by atoms with van der Waals surface area (Å²) in [5.41, 5.74) is 0. The lowest BCUT2D eigenvalue weighted by molar-refractivity contribution is 0.00782. The molecule has 1 fully saturated rings. The second-order valence-corrected chi connectivity index (χ2v) is 4.97. The van der Waals surface area contributed by atoms with Gasteiger partial charge in [-0.1, -0.05) is 20.8 Å². The maximum Gasteiger partial charge on any atom is 0.0575 e. The molecule has 15 heavy (non-hydrogen) atoms. The predicted molar refractivity (Wildman–Crippen MR) is 65.1 cm³/mol. The van der Waals surface area contributed by atoms with Gasteiger partial charge in [0.1, 0.15) is 0 Å². The summed E-state index contributed by atoms with van der Waals surface area (Å²) in [5.74, 6) is 0.730. The molecule has 1 heterocycles. The molecule has 1 aliphatic rings. The van der Waals surface area contributed by atoms with Gasteiger partial charge in [0, 0.05) is 12.6 Å². The first-order valence-electron chi connectivity index (χ1n) is 6.59. The van der Waals surface area contributed by atoms with Crippen LogP contribution in [-0.4, -0.2) is 25.3 Å². The van der Waals surface area contributed by atoms with E-state index in [1.807, 2.05) is 0 Å². The largest absolute Gasteiger partial charge is 0.378 e. The molecular formula is C13H27NO. The normalized spacial score (nSPS) is 24.4. The zero-order chi connectivity index (χ0) is 11.1. The zero-order valence-corrected chi connectivity index (χ0v) is 10.6. The standard InChI is InChI=1S/C13H27NO/c1-4-14-13(11(2)3)9-8-12-7-5-6-10-15-12/h11-14H,4-10H2,1-3H3. The number of nitrogens with one attached hydrogen (secondary N) is 1. The van der Waals surface area contributed by atoms with E-state index in [4.69, 9.17) is 4.74 Å². The third kappa shape index (κ3) is 4.98. The summed E-state index contributed by atoms with van der Waals surface area (Å²) in [6, 6.07) is 0.667. The maximum atomic E-state index is 5.76. The van der Waals surface area contributed by atoms with Gasteiger partial charge < -0.3 is 10.1 Å². The molecule has 1 saturated heterocycles. The van der Waals surface area contributed by atoms with Crippen molar-refractivity contribution in [3.8, 4) is 0 Å². The summed E-state index contributed by atoms with van der Waals surface area (Å²) >= 11 is 0. The molecular weight excluding hydrogens is 186 g/mol. The Kier molecular flexibility index (Phi) is 6.26. The van der Waals surface area contributed by atoms with Crippen molar-refractivity contribution in [2.45, 2.75) is 65.0 Å². The van der Waals surface area contributed by atoms with Gasteiger partial charge in [0.2, 0.25) is 0 Å². The van der Waals surface area contributed by atoms with Gasteiger partial charge in [0.15, 0.2) is 0 Å². The molecule has 1 aliphatic heterocycles. The van der Waals surface area contributed by atoms with E-state index >= 15 is 0 Å². The van der Waals surface area contributed by atoms with E-state index in [0.717, 1.165) is 19.1 Å². The highest BCUT2D eigenvalue weighted by molar-refractivity contribution is 4.73. The minimum absolute atomic E-state index is 0.540. The Balaban J connectivity index is 2.19. The van der Waals surface area contributed by atoms with Crippen molar-refractivity contribution < 1.29 is 4.74 Å². The highest BCUT2D eigenvalue weighted by Gasteiger charge is 2.17. The summed E-state index contributed by atoms with van der Waals surface area (Å²) in [4.78, 5) is 0. The van der Waals surface area contributed by atoms with Crippen molar-refractivity contribution >= 4 is 0 Å². The summed E-state index contributed by atoms with van der Waals surface area (Å²) in [6.07, 6.45) is 6.93. The van der Waals surface area contributed by atoms with Crippen LogP contribution in [0.15, 0.2) is 0 Å². The lowest BCUT2D eigenvalue weighted by Gasteiger charge is -2.27. The maximum absolute atomic E-state index is 5.76. The molecule has 2 atom stereocenters. The number of ether oxygens (including phenoxy) is 1. The van der Waals surface area contributed by atoms with Gasteiger partial charge in [-0.15, -0.1) is 0 Å². The van der Waals surface area contributed by atoms with Crippen LogP contribution in [0.4, 0.5) is 0 Å². The van der Waals surface area contributed by atoms with Gasteiger partial charge in [-0.05, 0) is 44.6 Å². The van der Waals surface area contributed by atoms with E-state index in [-0.39, 0.29) is 0 Å². The molecule has 0 aromatic carbocycles. The predicted octanol–water partition coefficient (Wildman–Crippen LogP) is 2.97. The Bertz CT molecular complexity index is 153. The summed E-state index contributed by atoms with van der Waals surface area (Å²) in [5, 5.41) is 3.57. The van der Waals surface area contributed by atoms with Gasteiger partial charge in [-0.2, -0.15) is 0 Å². The highest BCUT2D eigenvalue weighted by atomic mass is 16.5. The average molecular weight is 213 g/mol. The van der Waals surface area contributed by atoms with Crippen molar-refractivity contribution in [3.05, 3.63) is 0 Å². The highest BCUT2D eigenvalue weighted by Crippen LogP contribution is 2.19. The first-order chi connectivity index (χ1) is 7.24. The van der Waals surface area contributed by atoms with Crippen LogP contribution in [0.3, 0.4) is 0 Å². The molecule has 0 bridgehead atoms. The van der Waals surface area contributed by atoms with Crippen molar-refractivity contribution in [2.24, 2.45) is 5.92 Å². The molecule has 0 aliphatic carbocycles. The number of hydrogen-bond donors (Lipinski definition) is 1. The average Bonchev–Trinajstić information content (AvgIpc) is 2.25. The monoisotopic (exact) mass is 213 g/mol. The fourth-order valence-corrected chi connectivity index (χ4v) is 2.33. The van der Waals surface area contributed by atoms with E-state index in [0.29, 0.717) is 12.1 Å². The van der Waals surface area contributed by atoms with Gasteiger partial charge >= 0.3 is 0 Å². The lowest BCUT2D eigenvalue weighted by Crippen LogP contribution is -2.35. The van der Waals surface area contributed by atoms with Crippen LogP contribution in [0.1, 0.15) is 52.9 Å². The molecule has 2 unspecified atom stereocenters. The second kappa shape index (κ2) is 7.24. The van der Waals surface area contributed by atoms with Gasteiger partial charge in [0.25, 0.3) is 0 Å². The van der Waals surface area contributed by atoms with Gasteiger partial charge in [-0.25, -0.2) is 0 Å². The number of hydrogen-bond acceptors (Lipinski definition) is 2. The molecule has 2 heteroatoms. The summed E-state index contributed by atoms with van der Waals surface area (Å²) in [6.45, 7) is 8.85. The second-order valence-electron chi connectivity index (χ2n) is 4.97. The Morgan fingerprint density at radius 3 is 2.67 bits per heavy atom. The minimum atomic E-state index is 0.540. The van der Waals surface area contributed by atoms with Crippen molar-refractivity contribution in [2.75, 3.05) is 13.2 Å². The molecule has 0 spiro atoms. The first kappa shape index (κ1) is 13.0. The Hall–Kier alpha value is -0.0800. The lowest BCUT2D eigenvalue weighted by atomic mass is 9.95. The SMILES string of the molecule is CCNC(CCC1CCCCO1)C(C)C. The van der Waals surface area contributed by atoms with Gasteiger partial charge in [0.05, 0.1) is 6.10 Å². The molecule has 0 saturated carbocycles. The smallest absolute Gasteiger partial charge is 0.0575 e. The molecule has 0 radical (unpaired) electrons. The van der Waals surface area contributed by atoms with Gasteiger partial charge in [-0.3, -0.25) is 0 Å². The van der Waals surface area contributed by atoms with E-state index in [1.54, 1.807) is 0 Å². The van der Waals surface area contributed by atoms with Crippen LogP contribution in [-0.2, 0) is 4.74 Å². The van der Waals surface area contributed by atoms with E-state index in [1.165, 1.54) is 32.1 Å². The van der Waals surface area contributed by atoms with Crippen LogP contribution in [0.5, 0.6) is 0 Å². The molecule has 0 amide bonds. The third-order valence-electron chi connectivity index (χ3n) is 3.34. The Labute approximate surface area is 94.8 Å². The zero-order valence-electron chi connectivity index (χ0n) is 10.6. The first-order valence-corrected chi connectivity index (χ1v) is 6.59. The molecule has 90 valence electrons. The molecule has 0 aromatic rings. The van der Waals surface area contributed by atoms with Crippen molar-refractivity contribution in [1.29, 1.82) is 0 Å². The van der Waals surface area contributed by atoms with Crippen molar-refractivity contribution in [3.63, 3.8) is 0 Å². The fourth-order valence-electron chi connectivity index (χ4n) is 2.33.